The number of amides is 1. The molecule has 0 radical (unpaired) electrons. The Morgan fingerprint density at radius 2 is 1.54 bits per heavy atom. The molecule has 3 aromatic carbocycles. The molecule has 0 saturated carbocycles. The number of rotatable bonds is 8. The Labute approximate surface area is 216 Å². The maximum atomic E-state index is 12.7. The second kappa shape index (κ2) is 10.9. The van der Waals surface area contributed by atoms with Gasteiger partial charge in [0, 0.05) is 46.5 Å². The molecule has 1 aliphatic heterocycles. The summed E-state index contributed by atoms with van der Waals surface area (Å²) in [5.74, 6) is -0.236. The van der Waals surface area contributed by atoms with Crippen LogP contribution in [0.2, 0.25) is 10.0 Å². The Morgan fingerprint density at radius 3 is 2.11 bits per heavy atom. The number of nitrogens with zero attached hydrogens (tertiary/aromatic N) is 2. The zero-order chi connectivity index (χ0) is 25.0. The fourth-order valence-electron chi connectivity index (χ4n) is 4.09. The van der Waals surface area contributed by atoms with Gasteiger partial charge in [-0.15, -0.1) is 0 Å². The van der Waals surface area contributed by atoms with E-state index in [2.05, 4.69) is 22.3 Å². The molecule has 184 valence electrons. The summed E-state index contributed by atoms with van der Waals surface area (Å²) in [5, 5.41) is 3.69. The number of nitrogens with one attached hydrogen (secondary N) is 1. The third-order valence-electron chi connectivity index (χ3n) is 6.04. The van der Waals surface area contributed by atoms with E-state index >= 15 is 0 Å². The Balaban J connectivity index is 1.42. The minimum atomic E-state index is -3.63. The Hall–Kier alpha value is -2.74. The minimum Gasteiger partial charge on any atom is -0.372 e. The van der Waals surface area contributed by atoms with Crippen LogP contribution in [-0.4, -0.2) is 33.7 Å². The van der Waals surface area contributed by atoms with Crippen molar-refractivity contribution >= 4 is 50.5 Å². The van der Waals surface area contributed by atoms with Crippen molar-refractivity contribution in [3.05, 3.63) is 93.5 Å². The van der Waals surface area contributed by atoms with Gasteiger partial charge < -0.3 is 10.2 Å². The molecule has 0 aromatic heterocycles. The zero-order valence-electron chi connectivity index (χ0n) is 19.4. The predicted molar refractivity (Wildman–Crippen MR) is 143 cm³/mol. The summed E-state index contributed by atoms with van der Waals surface area (Å²) in [5.41, 5.74) is 3.59. The predicted octanol–water partition coefficient (Wildman–Crippen LogP) is 5.49. The van der Waals surface area contributed by atoms with Gasteiger partial charge in [-0.05, 0) is 66.9 Å². The van der Waals surface area contributed by atoms with Gasteiger partial charge in [0.05, 0.1) is 18.5 Å². The lowest BCUT2D eigenvalue weighted by Crippen LogP contribution is -2.29. The molecule has 0 bridgehead atoms. The molecule has 6 nitrogen and oxygen atoms in total. The van der Waals surface area contributed by atoms with Crippen LogP contribution in [0, 0.1) is 0 Å². The minimum absolute atomic E-state index is 0.0176. The van der Waals surface area contributed by atoms with E-state index in [0.29, 0.717) is 33.4 Å². The quantitative estimate of drug-likeness (QED) is 0.417. The summed E-state index contributed by atoms with van der Waals surface area (Å²) in [6, 6.07) is 19.7. The Morgan fingerprint density at radius 1 is 0.943 bits per heavy atom. The van der Waals surface area contributed by atoms with Crippen LogP contribution in [-0.2, 0) is 23.1 Å². The van der Waals surface area contributed by atoms with Gasteiger partial charge in [0.1, 0.15) is 0 Å². The molecule has 0 spiro atoms. The van der Waals surface area contributed by atoms with Crippen molar-refractivity contribution in [2.75, 3.05) is 28.6 Å². The first-order chi connectivity index (χ1) is 16.7. The van der Waals surface area contributed by atoms with E-state index in [1.54, 1.807) is 42.5 Å². The number of carbonyl (C=O) groups excluding carboxylic acids is 1. The molecular formula is C26H27Cl2N3O3S. The molecule has 3 aromatic rings. The average molecular weight is 532 g/mol. The van der Waals surface area contributed by atoms with Gasteiger partial charge in [0.15, 0.2) is 0 Å². The smallest absolute Gasteiger partial charge is 0.251 e. The van der Waals surface area contributed by atoms with Gasteiger partial charge in [-0.2, -0.15) is 0 Å². The molecule has 1 N–H and O–H groups in total. The summed E-state index contributed by atoms with van der Waals surface area (Å²) in [6.45, 7) is 2.57. The number of benzene rings is 3. The zero-order valence-corrected chi connectivity index (χ0v) is 21.7. The van der Waals surface area contributed by atoms with Crippen LogP contribution in [0.5, 0.6) is 0 Å². The van der Waals surface area contributed by atoms with Gasteiger partial charge in [-0.1, -0.05) is 41.4 Å². The standard InChI is InChI=1S/C26H27Cl2N3O3S/c1-35(33,34)31(18-23-24(27)5-4-6-25(23)28)22-13-9-20(10-14-22)26(32)29-17-19-7-11-21(12-8-19)30-15-2-3-16-30/h4-14H,2-3,15-18H2,1H3,(H,29,32). The number of halogens is 2. The number of carbonyl (C=O) groups is 1. The molecule has 1 heterocycles. The van der Waals surface area contributed by atoms with Crippen LogP contribution < -0.4 is 14.5 Å². The summed E-state index contributed by atoms with van der Waals surface area (Å²) in [6.07, 6.45) is 3.58. The number of hydrogen-bond donors (Lipinski definition) is 1. The fourth-order valence-corrected chi connectivity index (χ4v) is 5.48. The molecule has 1 fully saturated rings. The van der Waals surface area contributed by atoms with Crippen molar-refractivity contribution in [2.24, 2.45) is 0 Å². The molecule has 35 heavy (non-hydrogen) atoms. The van der Waals surface area contributed by atoms with Gasteiger partial charge in [0.25, 0.3) is 5.91 Å². The van der Waals surface area contributed by atoms with Gasteiger partial charge >= 0.3 is 0 Å². The lowest BCUT2D eigenvalue weighted by atomic mass is 10.1. The number of anilines is 2. The largest absolute Gasteiger partial charge is 0.372 e. The summed E-state index contributed by atoms with van der Waals surface area (Å²) >= 11 is 12.5. The number of sulfonamides is 1. The van der Waals surface area contributed by atoms with E-state index in [9.17, 15) is 13.2 Å². The molecule has 0 atom stereocenters. The highest BCUT2D eigenvalue weighted by molar-refractivity contribution is 7.92. The molecule has 0 unspecified atom stereocenters. The van der Waals surface area contributed by atoms with Crippen molar-refractivity contribution in [3.63, 3.8) is 0 Å². The second-order valence-corrected chi connectivity index (χ2v) is 11.3. The SMILES string of the molecule is CS(=O)(=O)N(Cc1c(Cl)cccc1Cl)c1ccc(C(=O)NCc2ccc(N3CCCC3)cc2)cc1. The van der Waals surface area contributed by atoms with Crippen molar-refractivity contribution in [3.8, 4) is 0 Å². The topological polar surface area (TPSA) is 69.7 Å². The third kappa shape index (κ3) is 6.28. The van der Waals surface area contributed by atoms with Crippen LogP contribution >= 0.6 is 23.2 Å². The van der Waals surface area contributed by atoms with Crippen molar-refractivity contribution < 1.29 is 13.2 Å². The van der Waals surface area contributed by atoms with E-state index in [1.165, 1.54) is 22.8 Å². The van der Waals surface area contributed by atoms with E-state index in [-0.39, 0.29) is 12.5 Å². The first-order valence-electron chi connectivity index (χ1n) is 11.3. The van der Waals surface area contributed by atoms with Gasteiger partial charge in [-0.3, -0.25) is 9.10 Å². The van der Waals surface area contributed by atoms with Crippen LogP contribution in [0.3, 0.4) is 0 Å². The fraction of sp³-hybridized carbons (Fsp3) is 0.269. The summed E-state index contributed by atoms with van der Waals surface area (Å²) < 4.78 is 26.2. The highest BCUT2D eigenvalue weighted by Crippen LogP contribution is 2.29. The molecule has 9 heteroatoms. The molecule has 0 aliphatic carbocycles. The molecule has 1 saturated heterocycles. The van der Waals surface area contributed by atoms with Crippen LogP contribution in [0.25, 0.3) is 0 Å². The summed E-state index contributed by atoms with van der Waals surface area (Å²) in [4.78, 5) is 15.0. The Kier molecular flexibility index (Phi) is 7.89. The average Bonchev–Trinajstić information content (AvgIpc) is 3.37. The first kappa shape index (κ1) is 25.4. The van der Waals surface area contributed by atoms with Crippen molar-refractivity contribution in [1.29, 1.82) is 0 Å². The van der Waals surface area contributed by atoms with Gasteiger partial charge in [0.2, 0.25) is 10.0 Å². The molecule has 1 amide bonds. The molecular weight excluding hydrogens is 505 g/mol. The van der Waals surface area contributed by atoms with Gasteiger partial charge in [-0.25, -0.2) is 8.42 Å². The number of hydrogen-bond acceptors (Lipinski definition) is 4. The van der Waals surface area contributed by atoms with E-state index in [0.717, 1.165) is 24.9 Å². The lowest BCUT2D eigenvalue weighted by Gasteiger charge is -2.23. The second-order valence-electron chi connectivity index (χ2n) is 8.56. The first-order valence-corrected chi connectivity index (χ1v) is 14.0. The van der Waals surface area contributed by atoms with E-state index in [4.69, 9.17) is 23.2 Å². The van der Waals surface area contributed by atoms with Crippen LogP contribution in [0.1, 0.15) is 34.3 Å². The maximum absolute atomic E-state index is 12.7. The van der Waals surface area contributed by atoms with Crippen LogP contribution in [0.4, 0.5) is 11.4 Å². The monoisotopic (exact) mass is 531 g/mol. The highest BCUT2D eigenvalue weighted by Gasteiger charge is 2.21. The van der Waals surface area contributed by atoms with Crippen LogP contribution in [0.15, 0.2) is 66.7 Å². The van der Waals surface area contributed by atoms with Crippen molar-refractivity contribution in [1.82, 2.24) is 5.32 Å². The lowest BCUT2D eigenvalue weighted by molar-refractivity contribution is 0.0951. The highest BCUT2D eigenvalue weighted by atomic mass is 35.5. The molecule has 1 aliphatic rings. The van der Waals surface area contributed by atoms with Crippen molar-refractivity contribution in [2.45, 2.75) is 25.9 Å². The van der Waals surface area contributed by atoms with E-state index < -0.39 is 10.0 Å². The summed E-state index contributed by atoms with van der Waals surface area (Å²) in [7, 11) is -3.63. The van der Waals surface area contributed by atoms with E-state index in [1.807, 2.05) is 12.1 Å². The maximum Gasteiger partial charge on any atom is 0.251 e. The third-order valence-corrected chi connectivity index (χ3v) is 7.89. The Bertz CT molecular complexity index is 1270. The normalized spacial score (nSPS) is 13.6. The molecule has 4 rings (SSSR count).